The van der Waals surface area contributed by atoms with Crippen molar-refractivity contribution >= 4 is 33.4 Å². The van der Waals surface area contributed by atoms with Crippen LogP contribution in [0.5, 0.6) is 5.75 Å². The Balaban J connectivity index is 1.78. The minimum absolute atomic E-state index is 0.0311. The zero-order chi connectivity index (χ0) is 22.7. The van der Waals surface area contributed by atoms with Gasteiger partial charge in [0.1, 0.15) is 23.9 Å². The second-order valence-electron chi connectivity index (χ2n) is 7.18. The van der Waals surface area contributed by atoms with Gasteiger partial charge in [0, 0.05) is 10.0 Å². The predicted molar refractivity (Wildman–Crippen MR) is 123 cm³/mol. The Kier molecular flexibility index (Phi) is 6.28. The number of ether oxygens (including phenoxy) is 1. The first-order valence-corrected chi connectivity index (χ1v) is 10.7. The number of carbonyl (C=O) groups excluding carboxylic acids is 2. The third kappa shape index (κ3) is 4.24. The molecule has 32 heavy (non-hydrogen) atoms. The fourth-order valence-corrected chi connectivity index (χ4v) is 3.89. The first-order chi connectivity index (χ1) is 15.5. The third-order valence-corrected chi connectivity index (χ3v) is 5.66. The lowest BCUT2D eigenvalue weighted by molar-refractivity contribution is -0.140. The van der Waals surface area contributed by atoms with Crippen LogP contribution in [-0.2, 0) is 16.1 Å². The van der Waals surface area contributed by atoms with Crippen molar-refractivity contribution in [2.24, 2.45) is 0 Å². The van der Waals surface area contributed by atoms with E-state index >= 15 is 0 Å². The smallest absolute Gasteiger partial charge is 0.296 e. The van der Waals surface area contributed by atoms with E-state index < -0.39 is 17.7 Å². The lowest BCUT2D eigenvalue weighted by Gasteiger charge is -2.24. The van der Waals surface area contributed by atoms with E-state index in [1.807, 2.05) is 24.3 Å². The van der Waals surface area contributed by atoms with Gasteiger partial charge in [0.15, 0.2) is 0 Å². The van der Waals surface area contributed by atoms with Gasteiger partial charge >= 0.3 is 0 Å². The normalized spacial score (nSPS) is 17.5. The van der Waals surface area contributed by atoms with Crippen LogP contribution in [0.1, 0.15) is 22.9 Å². The van der Waals surface area contributed by atoms with Crippen LogP contribution in [0.4, 0.5) is 0 Å². The zero-order valence-electron chi connectivity index (χ0n) is 17.0. The molecule has 1 atom stereocenters. The topological polar surface area (TPSA) is 80.0 Å². The Morgan fingerprint density at radius 2 is 1.84 bits per heavy atom. The Labute approximate surface area is 193 Å². The molecule has 0 spiro atoms. The minimum atomic E-state index is -0.759. The molecule has 162 valence electrons. The van der Waals surface area contributed by atoms with Crippen LogP contribution in [-0.4, -0.2) is 28.3 Å². The van der Waals surface area contributed by atoms with E-state index in [1.54, 1.807) is 42.5 Å². The lowest BCUT2D eigenvalue weighted by Crippen LogP contribution is -2.29. The van der Waals surface area contributed by atoms with Gasteiger partial charge in [0.05, 0.1) is 24.4 Å². The highest BCUT2D eigenvalue weighted by Crippen LogP contribution is 2.40. The van der Waals surface area contributed by atoms with E-state index in [2.05, 4.69) is 22.5 Å². The number of carbonyl (C=O) groups is 2. The van der Waals surface area contributed by atoms with Gasteiger partial charge < -0.3 is 19.2 Å². The number of nitrogens with zero attached hydrogens (tertiary/aromatic N) is 1. The summed E-state index contributed by atoms with van der Waals surface area (Å²) < 4.78 is 11.7. The molecule has 0 saturated carbocycles. The summed E-state index contributed by atoms with van der Waals surface area (Å²) in [7, 11) is 0. The highest BCUT2D eigenvalue weighted by atomic mass is 79.9. The van der Waals surface area contributed by atoms with E-state index in [9.17, 15) is 14.7 Å². The van der Waals surface area contributed by atoms with E-state index in [0.717, 1.165) is 4.47 Å². The fraction of sp³-hybridized carbons (Fsp3) is 0.120. The molecule has 1 fully saturated rings. The molecule has 2 aromatic carbocycles. The number of likely N-dealkylation sites (tertiary alicyclic amines) is 1. The summed E-state index contributed by atoms with van der Waals surface area (Å²) in [6.07, 6.45) is 3.14. The molecule has 1 aliphatic rings. The monoisotopic (exact) mass is 493 g/mol. The van der Waals surface area contributed by atoms with Crippen molar-refractivity contribution < 1.29 is 23.8 Å². The molecule has 0 unspecified atom stereocenters. The van der Waals surface area contributed by atoms with E-state index in [4.69, 9.17) is 9.15 Å². The molecule has 1 aromatic heterocycles. The number of Topliss-reactive ketones (excluding diaryl/α,β-unsaturated/α-hetero) is 1. The average molecular weight is 494 g/mol. The molecular weight excluding hydrogens is 474 g/mol. The van der Waals surface area contributed by atoms with Crippen molar-refractivity contribution in [1.82, 2.24) is 4.90 Å². The Bertz CT molecular complexity index is 1160. The van der Waals surface area contributed by atoms with Crippen LogP contribution in [0, 0.1) is 0 Å². The van der Waals surface area contributed by atoms with E-state index in [-0.39, 0.29) is 17.9 Å². The molecule has 1 saturated heterocycles. The Hall–Kier alpha value is -3.58. The van der Waals surface area contributed by atoms with Crippen molar-refractivity contribution in [1.29, 1.82) is 0 Å². The van der Waals surface area contributed by atoms with Gasteiger partial charge in [0.25, 0.3) is 11.7 Å². The van der Waals surface area contributed by atoms with Gasteiger partial charge in [-0.25, -0.2) is 0 Å². The first-order valence-electron chi connectivity index (χ1n) is 9.90. The molecule has 6 nitrogen and oxygen atoms in total. The molecule has 4 rings (SSSR count). The average Bonchev–Trinajstić information content (AvgIpc) is 3.41. The number of benzene rings is 2. The molecule has 3 aromatic rings. The molecular formula is C25H20BrNO5. The van der Waals surface area contributed by atoms with Crippen LogP contribution in [0.15, 0.2) is 94.0 Å². The van der Waals surface area contributed by atoms with E-state index in [1.165, 1.54) is 11.2 Å². The van der Waals surface area contributed by atoms with Crippen LogP contribution < -0.4 is 4.74 Å². The molecule has 2 heterocycles. The van der Waals surface area contributed by atoms with E-state index in [0.29, 0.717) is 29.2 Å². The van der Waals surface area contributed by atoms with Gasteiger partial charge in [-0.3, -0.25) is 9.59 Å². The summed E-state index contributed by atoms with van der Waals surface area (Å²) >= 11 is 3.40. The highest BCUT2D eigenvalue weighted by molar-refractivity contribution is 9.10. The largest absolute Gasteiger partial charge is 0.507 e. The molecule has 1 aliphatic heterocycles. The summed E-state index contributed by atoms with van der Waals surface area (Å²) in [5.41, 5.74) is 1.14. The number of rotatable bonds is 7. The van der Waals surface area contributed by atoms with Crippen molar-refractivity contribution in [3.05, 3.63) is 107 Å². The summed E-state index contributed by atoms with van der Waals surface area (Å²) in [6, 6.07) is 16.6. The number of furan rings is 1. The third-order valence-electron chi connectivity index (χ3n) is 5.13. The maximum absolute atomic E-state index is 13.0. The molecule has 0 radical (unpaired) electrons. The maximum atomic E-state index is 13.0. The zero-order valence-corrected chi connectivity index (χ0v) is 18.6. The summed E-state index contributed by atoms with van der Waals surface area (Å²) in [5.74, 6) is -0.536. The fourth-order valence-electron chi connectivity index (χ4n) is 3.62. The van der Waals surface area contributed by atoms with Crippen molar-refractivity contribution in [2.75, 3.05) is 6.61 Å². The predicted octanol–water partition coefficient (Wildman–Crippen LogP) is 5.23. The van der Waals surface area contributed by atoms with Crippen molar-refractivity contribution in [3.8, 4) is 5.75 Å². The second kappa shape index (κ2) is 9.28. The van der Waals surface area contributed by atoms with Crippen molar-refractivity contribution in [3.63, 3.8) is 0 Å². The number of hydrogen-bond acceptors (Lipinski definition) is 5. The number of aliphatic hydroxyl groups excluding tert-OH is 1. The number of ketones is 1. The number of halogens is 1. The number of aliphatic hydroxyl groups is 1. The first kappa shape index (κ1) is 21.6. The number of amides is 1. The van der Waals surface area contributed by atoms with Gasteiger partial charge in [-0.1, -0.05) is 40.7 Å². The lowest BCUT2D eigenvalue weighted by atomic mass is 9.95. The van der Waals surface area contributed by atoms with Gasteiger partial charge in [-0.2, -0.15) is 0 Å². The highest BCUT2D eigenvalue weighted by Gasteiger charge is 2.46. The van der Waals surface area contributed by atoms with Gasteiger partial charge in [-0.15, -0.1) is 0 Å². The van der Waals surface area contributed by atoms with Gasteiger partial charge in [0.2, 0.25) is 0 Å². The number of hydrogen-bond donors (Lipinski definition) is 1. The van der Waals surface area contributed by atoms with Gasteiger partial charge in [-0.05, 0) is 54.1 Å². The van der Waals surface area contributed by atoms with Crippen LogP contribution in [0.2, 0.25) is 0 Å². The Morgan fingerprint density at radius 1 is 1.12 bits per heavy atom. The maximum Gasteiger partial charge on any atom is 0.296 e. The minimum Gasteiger partial charge on any atom is -0.507 e. The summed E-state index contributed by atoms with van der Waals surface area (Å²) in [4.78, 5) is 27.4. The second-order valence-corrected chi connectivity index (χ2v) is 8.10. The molecule has 1 N–H and O–H groups in total. The Morgan fingerprint density at radius 3 is 2.47 bits per heavy atom. The SMILES string of the molecule is C=CCOc1ccc(C(O)=C2C(=O)C(=O)N(Cc3ccco3)[C@H]2c2ccc(Br)cc2)cc1. The van der Waals surface area contributed by atoms with Crippen LogP contribution >= 0.6 is 15.9 Å². The quantitative estimate of drug-likeness (QED) is 0.211. The summed E-state index contributed by atoms with van der Waals surface area (Å²) in [5, 5.41) is 11.1. The molecule has 0 aliphatic carbocycles. The standard InChI is InChI=1S/C25H20BrNO5/c1-2-13-31-19-11-7-17(8-12-19)23(28)21-22(16-5-9-18(26)10-6-16)27(25(30)24(21)29)15-20-4-3-14-32-20/h2-12,14,22,28H,1,13,15H2/t22-/m0/s1. The molecule has 1 amide bonds. The summed E-state index contributed by atoms with van der Waals surface area (Å²) in [6.45, 7) is 4.06. The van der Waals surface area contributed by atoms with Crippen molar-refractivity contribution in [2.45, 2.75) is 12.6 Å². The molecule has 7 heteroatoms. The van der Waals surface area contributed by atoms with Crippen LogP contribution in [0.3, 0.4) is 0 Å². The van der Waals surface area contributed by atoms with Crippen LogP contribution in [0.25, 0.3) is 5.76 Å². The molecule has 0 bridgehead atoms.